The third-order valence-electron chi connectivity index (χ3n) is 8.80. The van der Waals surface area contributed by atoms with E-state index in [4.69, 9.17) is 11.6 Å². The Morgan fingerprint density at radius 3 is 2.49 bits per heavy atom. The predicted molar refractivity (Wildman–Crippen MR) is 182 cm³/mol. The Morgan fingerprint density at radius 2 is 1.84 bits per heavy atom. The molecule has 1 aliphatic carbocycles. The standard InChI is InChI=1S/C35H44BrClN2O3S/c1-5-12-33-35(30-15-9-10-16-31(30)39(33)43(41,42)28-13-7-6-8-14-28)32(38(22-11-21-37)34(40)24-36)20-18-27-23-26(4)17-19-29(27)25(2)3/h5-10,13-16,18,20,25-27,29,32H,1,11-12,17,19,21-24H2,2-4H3/b20-18+/t26-,27-,29+,32+/m1/s1. The fourth-order valence-electron chi connectivity index (χ4n) is 6.75. The first-order chi connectivity index (χ1) is 20.6. The highest BCUT2D eigenvalue weighted by Crippen LogP contribution is 2.42. The summed E-state index contributed by atoms with van der Waals surface area (Å²) in [6.07, 6.45) is 10.7. The Bertz CT molecular complexity index is 1530. The van der Waals surface area contributed by atoms with Crippen LogP contribution in [0.1, 0.15) is 63.8 Å². The molecule has 2 aromatic carbocycles. The van der Waals surface area contributed by atoms with Gasteiger partial charge in [0.15, 0.2) is 0 Å². The number of aromatic nitrogens is 1. The molecule has 43 heavy (non-hydrogen) atoms. The summed E-state index contributed by atoms with van der Waals surface area (Å²) < 4.78 is 30.0. The van der Waals surface area contributed by atoms with E-state index in [9.17, 15) is 13.2 Å². The minimum Gasteiger partial charge on any atom is -0.331 e. The largest absolute Gasteiger partial charge is 0.331 e. The van der Waals surface area contributed by atoms with Crippen molar-refractivity contribution in [2.45, 2.75) is 63.8 Å². The lowest BCUT2D eigenvalue weighted by Crippen LogP contribution is -2.37. The lowest BCUT2D eigenvalue weighted by Gasteiger charge is -2.37. The van der Waals surface area contributed by atoms with Gasteiger partial charge < -0.3 is 4.90 Å². The van der Waals surface area contributed by atoms with Crippen LogP contribution in [0.15, 0.2) is 84.3 Å². The molecule has 8 heteroatoms. The van der Waals surface area contributed by atoms with Gasteiger partial charge in [-0.1, -0.05) is 97.7 Å². The highest BCUT2D eigenvalue weighted by Gasteiger charge is 2.34. The Morgan fingerprint density at radius 1 is 1.14 bits per heavy atom. The van der Waals surface area contributed by atoms with E-state index in [1.54, 1.807) is 36.4 Å². The summed E-state index contributed by atoms with van der Waals surface area (Å²) in [6, 6.07) is 15.6. The number of benzene rings is 2. The third kappa shape index (κ3) is 7.32. The van der Waals surface area contributed by atoms with Crippen molar-refractivity contribution in [1.29, 1.82) is 0 Å². The predicted octanol–water partition coefficient (Wildman–Crippen LogP) is 8.76. The van der Waals surface area contributed by atoms with E-state index < -0.39 is 16.1 Å². The van der Waals surface area contributed by atoms with E-state index in [-0.39, 0.29) is 16.1 Å². The van der Waals surface area contributed by atoms with Crippen LogP contribution in [-0.2, 0) is 21.2 Å². The van der Waals surface area contributed by atoms with Crippen LogP contribution >= 0.6 is 27.5 Å². The first-order valence-corrected chi connectivity index (χ1v) is 18.4. The van der Waals surface area contributed by atoms with Crippen LogP contribution < -0.4 is 0 Å². The van der Waals surface area contributed by atoms with Crippen molar-refractivity contribution in [2.24, 2.45) is 23.7 Å². The summed E-state index contributed by atoms with van der Waals surface area (Å²) in [5, 5.41) is 0.969. The molecule has 1 aliphatic rings. The topological polar surface area (TPSA) is 59.4 Å². The molecule has 4 atom stereocenters. The van der Waals surface area contributed by atoms with Crippen LogP contribution in [0, 0.1) is 23.7 Å². The number of hydrogen-bond donors (Lipinski definition) is 0. The third-order valence-corrected chi connectivity index (χ3v) is 11.3. The molecule has 0 aliphatic heterocycles. The average molecular weight is 688 g/mol. The Kier molecular flexibility index (Phi) is 11.8. The maximum absolute atomic E-state index is 14.3. The molecule has 0 spiro atoms. The lowest BCUT2D eigenvalue weighted by atomic mass is 9.70. The second-order valence-electron chi connectivity index (χ2n) is 12.0. The van der Waals surface area contributed by atoms with Crippen molar-refractivity contribution >= 4 is 54.4 Å². The number of amides is 1. The molecule has 4 rings (SSSR count). The Balaban J connectivity index is 2.01. The molecular formula is C35H44BrClN2O3S. The van der Waals surface area contributed by atoms with E-state index in [0.29, 0.717) is 60.1 Å². The zero-order chi connectivity index (χ0) is 31.1. The van der Waals surface area contributed by atoms with Crippen molar-refractivity contribution in [3.63, 3.8) is 0 Å². The van der Waals surface area contributed by atoms with Crippen LogP contribution in [0.3, 0.4) is 0 Å². The molecular weight excluding hydrogens is 644 g/mol. The van der Waals surface area contributed by atoms with Crippen LogP contribution in [0.25, 0.3) is 10.9 Å². The number of allylic oxidation sites excluding steroid dienone is 2. The molecule has 0 bridgehead atoms. The van der Waals surface area contributed by atoms with Crippen molar-refractivity contribution in [2.75, 3.05) is 17.8 Å². The zero-order valence-corrected chi connectivity index (χ0v) is 28.6. The molecule has 1 fully saturated rings. The minimum absolute atomic E-state index is 0.0653. The fraction of sp³-hybridized carbons (Fsp3) is 0.457. The maximum Gasteiger partial charge on any atom is 0.268 e. The molecule has 1 heterocycles. The summed E-state index contributed by atoms with van der Waals surface area (Å²) in [7, 11) is -3.95. The van der Waals surface area contributed by atoms with E-state index in [1.165, 1.54) is 16.8 Å². The molecule has 3 aromatic rings. The number of halogens is 2. The van der Waals surface area contributed by atoms with Gasteiger partial charge in [0.25, 0.3) is 10.0 Å². The molecule has 0 N–H and O–H groups in total. The van der Waals surface area contributed by atoms with Gasteiger partial charge in [0.2, 0.25) is 5.91 Å². The zero-order valence-electron chi connectivity index (χ0n) is 25.5. The number of fused-ring (bicyclic) bond motifs is 1. The lowest BCUT2D eigenvalue weighted by molar-refractivity contribution is -0.129. The van der Waals surface area contributed by atoms with Crippen molar-refractivity contribution < 1.29 is 13.2 Å². The van der Waals surface area contributed by atoms with E-state index in [2.05, 4.69) is 55.4 Å². The molecule has 0 unspecified atom stereocenters. The van der Waals surface area contributed by atoms with Crippen molar-refractivity contribution in [1.82, 2.24) is 8.87 Å². The first-order valence-electron chi connectivity index (χ1n) is 15.3. The first kappa shape index (κ1) is 33.5. The fourth-order valence-corrected chi connectivity index (χ4v) is 8.78. The van der Waals surface area contributed by atoms with Gasteiger partial charge >= 0.3 is 0 Å². The van der Waals surface area contributed by atoms with Crippen LogP contribution in [0.4, 0.5) is 0 Å². The van der Waals surface area contributed by atoms with Gasteiger partial charge in [0, 0.05) is 35.5 Å². The van der Waals surface area contributed by atoms with E-state index >= 15 is 0 Å². The van der Waals surface area contributed by atoms with Crippen molar-refractivity contribution in [3.8, 4) is 0 Å². The monoisotopic (exact) mass is 686 g/mol. The van der Waals surface area contributed by atoms with Gasteiger partial charge in [0.1, 0.15) is 0 Å². The van der Waals surface area contributed by atoms with E-state index in [1.807, 2.05) is 29.2 Å². The summed E-state index contributed by atoms with van der Waals surface area (Å²) in [5.74, 6) is 2.47. The molecule has 1 amide bonds. The van der Waals surface area contributed by atoms with Crippen molar-refractivity contribution in [3.05, 3.63) is 90.7 Å². The smallest absolute Gasteiger partial charge is 0.268 e. The van der Waals surface area contributed by atoms with Gasteiger partial charge in [0.05, 0.1) is 21.8 Å². The number of carbonyl (C=O) groups excluding carboxylic acids is 1. The summed E-state index contributed by atoms with van der Waals surface area (Å²) in [4.78, 5) is 15.7. The molecule has 232 valence electrons. The van der Waals surface area contributed by atoms with E-state index in [0.717, 1.165) is 17.4 Å². The number of carbonyl (C=O) groups is 1. The van der Waals surface area contributed by atoms with Crippen LogP contribution in [0.2, 0.25) is 0 Å². The highest BCUT2D eigenvalue weighted by atomic mass is 79.9. The normalized spacial score (nSPS) is 20.1. The van der Waals surface area contributed by atoms with Crippen LogP contribution in [0.5, 0.6) is 0 Å². The minimum atomic E-state index is -3.95. The number of hydrogen-bond acceptors (Lipinski definition) is 3. The number of nitrogens with zero attached hydrogens (tertiary/aromatic N) is 2. The van der Waals surface area contributed by atoms with Gasteiger partial charge in [-0.15, -0.1) is 18.2 Å². The molecule has 0 radical (unpaired) electrons. The summed E-state index contributed by atoms with van der Waals surface area (Å²) in [6.45, 7) is 11.4. The molecule has 0 saturated heterocycles. The Labute approximate surface area is 271 Å². The van der Waals surface area contributed by atoms with Gasteiger partial charge in [-0.25, -0.2) is 12.4 Å². The Hall–Kier alpha value is -2.35. The van der Waals surface area contributed by atoms with Gasteiger partial charge in [-0.05, 0) is 61.1 Å². The van der Waals surface area contributed by atoms with Gasteiger partial charge in [-0.2, -0.15) is 0 Å². The molecule has 1 aromatic heterocycles. The second kappa shape index (κ2) is 15.1. The summed E-state index contributed by atoms with van der Waals surface area (Å²) in [5.41, 5.74) is 2.02. The highest BCUT2D eigenvalue weighted by molar-refractivity contribution is 9.09. The maximum atomic E-state index is 14.3. The van der Waals surface area contributed by atoms with Crippen LogP contribution in [-0.4, -0.2) is 41.0 Å². The quantitative estimate of drug-likeness (QED) is 0.133. The number of alkyl halides is 2. The molecule has 1 saturated carbocycles. The number of para-hydroxylation sites is 1. The second-order valence-corrected chi connectivity index (χ2v) is 14.8. The summed E-state index contributed by atoms with van der Waals surface area (Å²) >= 11 is 9.57. The van der Waals surface area contributed by atoms with Gasteiger partial charge in [-0.3, -0.25) is 4.79 Å². The number of rotatable bonds is 13. The molecule has 5 nitrogen and oxygen atoms in total. The average Bonchev–Trinajstić information content (AvgIpc) is 3.33. The SMILES string of the molecule is C=CCc1c([C@H](/C=C/[C@@H]2C[C@H](C)CC[C@H]2C(C)C)N(CCCCl)C(=O)CBr)c2ccccc2n1S(=O)(=O)c1ccccc1.